The van der Waals surface area contributed by atoms with E-state index in [1.807, 2.05) is 18.2 Å². The summed E-state index contributed by atoms with van der Waals surface area (Å²) >= 11 is 0. The number of hydrogen-bond donors (Lipinski definition) is 3. The molecule has 0 aliphatic carbocycles. The van der Waals surface area contributed by atoms with E-state index < -0.39 is 11.9 Å². The second-order valence-electron chi connectivity index (χ2n) is 8.57. The Morgan fingerprint density at radius 3 is 2.68 bits per heavy atom. The third-order valence-corrected chi connectivity index (χ3v) is 5.74. The third kappa shape index (κ3) is 10.5. The average molecular weight is 469 g/mol. The van der Waals surface area contributed by atoms with Crippen LogP contribution in [0.2, 0.25) is 0 Å². The lowest BCUT2D eigenvalue weighted by molar-refractivity contribution is -0.136. The van der Waals surface area contributed by atoms with E-state index in [9.17, 15) is 14.4 Å². The number of carbonyl (C=O) groups excluding carboxylic acids is 2. The summed E-state index contributed by atoms with van der Waals surface area (Å²) in [6, 6.07) is 5.72. The van der Waals surface area contributed by atoms with Gasteiger partial charge in [0.2, 0.25) is 11.8 Å². The molecular formula is C26H36N4O4. The summed E-state index contributed by atoms with van der Waals surface area (Å²) in [5.74, 6) is -1.25. The Morgan fingerprint density at radius 1 is 1.29 bits per heavy atom. The Kier molecular flexibility index (Phi) is 11.6. The van der Waals surface area contributed by atoms with Crippen LogP contribution in [0, 0.1) is 5.92 Å². The van der Waals surface area contributed by atoms with Crippen LogP contribution in [-0.4, -0.2) is 59.0 Å². The zero-order valence-corrected chi connectivity index (χ0v) is 20.0. The number of hydrogen-bond acceptors (Lipinski definition) is 5. The standard InChI is InChI=1S/C21H31N3O4.C5H5N/c1-15(5-6-18-4-3-9-22-16(18)2)12-17-8-11-24(14-17)20(26)13-19(25)23-10-7-21(27)28;1-2-4-6-5-3-1/h5-6,17,22H,1,3-4,7-14H2,2H3,(H,23,25)(H,27,28);1-5H/b6-5-;. The van der Waals surface area contributed by atoms with Crippen molar-refractivity contribution in [3.05, 3.63) is 66.2 Å². The fourth-order valence-corrected chi connectivity index (χ4v) is 3.88. The highest BCUT2D eigenvalue weighted by atomic mass is 16.4. The molecule has 2 aliphatic heterocycles. The Hall–Kier alpha value is -3.42. The van der Waals surface area contributed by atoms with E-state index in [4.69, 9.17) is 5.11 Å². The van der Waals surface area contributed by atoms with Crippen molar-refractivity contribution >= 4 is 17.8 Å². The Morgan fingerprint density at radius 2 is 2.06 bits per heavy atom. The lowest BCUT2D eigenvalue weighted by Crippen LogP contribution is -2.35. The van der Waals surface area contributed by atoms with Gasteiger partial charge in [-0.3, -0.25) is 19.4 Å². The van der Waals surface area contributed by atoms with E-state index >= 15 is 0 Å². The Balaban J connectivity index is 0.000000589. The number of pyridine rings is 1. The van der Waals surface area contributed by atoms with Gasteiger partial charge < -0.3 is 20.6 Å². The first-order chi connectivity index (χ1) is 16.3. The molecule has 34 heavy (non-hydrogen) atoms. The van der Waals surface area contributed by atoms with Gasteiger partial charge in [-0.2, -0.15) is 0 Å². The highest BCUT2D eigenvalue weighted by molar-refractivity contribution is 5.97. The molecule has 8 nitrogen and oxygen atoms in total. The van der Waals surface area contributed by atoms with E-state index in [0.717, 1.165) is 37.8 Å². The molecule has 0 bridgehead atoms. The van der Waals surface area contributed by atoms with Crippen LogP contribution in [0.15, 0.2) is 66.2 Å². The van der Waals surface area contributed by atoms with Crippen molar-refractivity contribution in [1.29, 1.82) is 0 Å². The minimum Gasteiger partial charge on any atom is -0.481 e. The van der Waals surface area contributed by atoms with Crippen molar-refractivity contribution in [3.8, 4) is 0 Å². The molecule has 1 fully saturated rings. The number of aromatic nitrogens is 1. The highest BCUT2D eigenvalue weighted by Gasteiger charge is 2.27. The highest BCUT2D eigenvalue weighted by Crippen LogP contribution is 2.24. The maximum atomic E-state index is 12.3. The fourth-order valence-electron chi connectivity index (χ4n) is 3.88. The van der Waals surface area contributed by atoms with Crippen LogP contribution >= 0.6 is 0 Å². The fraction of sp³-hybridized carbons (Fsp3) is 0.462. The van der Waals surface area contributed by atoms with Crippen LogP contribution in [0.5, 0.6) is 0 Å². The number of aliphatic carboxylic acids is 1. The molecule has 184 valence electrons. The SMILES string of the molecule is C=C(/C=C\C1=C(C)NCCC1)CC1CCN(C(=O)CC(=O)NCCC(=O)O)C1.c1ccncc1. The number of carboxylic acid groups (broad SMARTS) is 1. The molecule has 1 aromatic heterocycles. The Bertz CT molecular complexity index is 869. The maximum absolute atomic E-state index is 12.3. The zero-order chi connectivity index (χ0) is 24.8. The first-order valence-corrected chi connectivity index (χ1v) is 11.8. The summed E-state index contributed by atoms with van der Waals surface area (Å²) in [5, 5.41) is 14.4. The van der Waals surface area contributed by atoms with Gasteiger partial charge in [0.05, 0.1) is 6.42 Å². The van der Waals surface area contributed by atoms with Crippen molar-refractivity contribution < 1.29 is 19.5 Å². The van der Waals surface area contributed by atoms with Gasteiger partial charge in [0.15, 0.2) is 0 Å². The number of carboxylic acids is 1. The summed E-state index contributed by atoms with van der Waals surface area (Å²) in [4.78, 5) is 39.9. The molecule has 0 aromatic carbocycles. The predicted molar refractivity (Wildman–Crippen MR) is 132 cm³/mol. The molecule has 2 amide bonds. The molecule has 1 unspecified atom stereocenters. The van der Waals surface area contributed by atoms with Crippen molar-refractivity contribution in [3.63, 3.8) is 0 Å². The van der Waals surface area contributed by atoms with E-state index in [1.165, 1.54) is 11.3 Å². The molecule has 3 heterocycles. The number of nitrogens with zero attached hydrogens (tertiary/aromatic N) is 2. The van der Waals surface area contributed by atoms with Crippen LogP contribution in [0.4, 0.5) is 0 Å². The van der Waals surface area contributed by atoms with Crippen LogP contribution < -0.4 is 10.6 Å². The van der Waals surface area contributed by atoms with Gasteiger partial charge in [0.25, 0.3) is 0 Å². The van der Waals surface area contributed by atoms with Crippen molar-refractivity contribution in [2.24, 2.45) is 5.92 Å². The normalized spacial score (nSPS) is 17.6. The van der Waals surface area contributed by atoms with Gasteiger partial charge in [-0.1, -0.05) is 30.4 Å². The molecule has 0 radical (unpaired) electrons. The number of likely N-dealkylation sites (tertiary alicyclic amines) is 1. The Labute approximate surface area is 201 Å². The molecule has 2 aliphatic rings. The quantitative estimate of drug-likeness (QED) is 0.379. The summed E-state index contributed by atoms with van der Waals surface area (Å²) in [5.41, 5.74) is 3.61. The minimum atomic E-state index is -0.977. The third-order valence-electron chi connectivity index (χ3n) is 5.74. The summed E-state index contributed by atoms with van der Waals surface area (Å²) < 4.78 is 0. The van der Waals surface area contributed by atoms with Crippen molar-refractivity contribution in [2.75, 3.05) is 26.2 Å². The van der Waals surface area contributed by atoms with Gasteiger partial charge in [0.1, 0.15) is 6.42 Å². The van der Waals surface area contributed by atoms with Crippen molar-refractivity contribution in [1.82, 2.24) is 20.5 Å². The van der Waals surface area contributed by atoms with Gasteiger partial charge in [-0.25, -0.2) is 0 Å². The number of amides is 2. The van der Waals surface area contributed by atoms with E-state index in [2.05, 4.69) is 41.3 Å². The zero-order valence-electron chi connectivity index (χ0n) is 20.0. The average Bonchev–Trinajstić information content (AvgIpc) is 3.28. The number of nitrogens with one attached hydrogen (secondary N) is 2. The number of allylic oxidation sites excluding steroid dienone is 5. The van der Waals surface area contributed by atoms with Crippen LogP contribution in [0.1, 0.15) is 45.4 Å². The molecule has 1 aromatic rings. The first-order valence-electron chi connectivity index (χ1n) is 11.8. The van der Waals surface area contributed by atoms with Crippen molar-refractivity contribution in [2.45, 2.75) is 45.4 Å². The van der Waals surface area contributed by atoms with Gasteiger partial charge in [0, 0.05) is 44.3 Å². The molecule has 8 heteroatoms. The van der Waals surface area contributed by atoms with E-state index in [1.54, 1.807) is 17.3 Å². The molecule has 0 saturated carbocycles. The van der Waals surface area contributed by atoms with Gasteiger partial charge in [-0.15, -0.1) is 0 Å². The second-order valence-corrected chi connectivity index (χ2v) is 8.57. The lowest BCUT2D eigenvalue weighted by Gasteiger charge is -2.18. The smallest absolute Gasteiger partial charge is 0.305 e. The topological polar surface area (TPSA) is 112 Å². The molecule has 3 rings (SSSR count). The molecular weight excluding hydrogens is 432 g/mol. The molecule has 1 atom stereocenters. The monoisotopic (exact) mass is 468 g/mol. The molecule has 3 N–H and O–H groups in total. The van der Waals surface area contributed by atoms with Crippen LogP contribution in [0.3, 0.4) is 0 Å². The predicted octanol–water partition coefficient (Wildman–Crippen LogP) is 3.06. The lowest BCUT2D eigenvalue weighted by atomic mass is 9.97. The largest absolute Gasteiger partial charge is 0.481 e. The van der Waals surface area contributed by atoms with E-state index in [0.29, 0.717) is 19.0 Å². The summed E-state index contributed by atoms with van der Waals surface area (Å²) in [7, 11) is 0. The van der Waals surface area contributed by atoms with E-state index in [-0.39, 0.29) is 25.3 Å². The molecule has 0 spiro atoms. The van der Waals surface area contributed by atoms with Gasteiger partial charge >= 0.3 is 5.97 Å². The van der Waals surface area contributed by atoms with Crippen LogP contribution in [-0.2, 0) is 14.4 Å². The minimum absolute atomic E-state index is 0.0433. The summed E-state index contributed by atoms with van der Waals surface area (Å²) in [6.45, 7) is 8.61. The van der Waals surface area contributed by atoms with Gasteiger partial charge in [-0.05, 0) is 56.2 Å². The summed E-state index contributed by atoms with van der Waals surface area (Å²) in [6.07, 6.45) is 11.3. The van der Waals surface area contributed by atoms with Crippen LogP contribution in [0.25, 0.3) is 0 Å². The second kappa shape index (κ2) is 14.7. The number of carbonyl (C=O) groups is 3. The molecule has 1 saturated heterocycles. The maximum Gasteiger partial charge on any atom is 0.305 e. The number of rotatable bonds is 9. The first kappa shape index (κ1) is 26.8.